The van der Waals surface area contributed by atoms with E-state index in [0.717, 1.165) is 44.8 Å². The van der Waals surface area contributed by atoms with Crippen molar-refractivity contribution in [1.29, 1.82) is 0 Å². The number of anilines is 1. The van der Waals surface area contributed by atoms with Gasteiger partial charge in [-0.3, -0.25) is 9.80 Å². The van der Waals surface area contributed by atoms with Gasteiger partial charge in [-0.15, -0.1) is 0 Å². The summed E-state index contributed by atoms with van der Waals surface area (Å²) in [5.41, 5.74) is 0.0178. The molecule has 0 saturated carbocycles. The van der Waals surface area contributed by atoms with E-state index in [-0.39, 0.29) is 12.1 Å². The molecule has 2 fully saturated rings. The number of carbonyl (C=O) groups is 1. The predicted octanol–water partition coefficient (Wildman–Crippen LogP) is 1.45. The van der Waals surface area contributed by atoms with Crippen molar-refractivity contribution in [2.75, 3.05) is 44.6 Å². The van der Waals surface area contributed by atoms with E-state index in [1.54, 1.807) is 12.4 Å². The molecule has 2 atom stereocenters. The van der Waals surface area contributed by atoms with Gasteiger partial charge in [0, 0.05) is 56.8 Å². The maximum Gasteiger partial charge on any atom is 0.323 e. The van der Waals surface area contributed by atoms with Crippen molar-refractivity contribution >= 4 is 11.7 Å². The smallest absolute Gasteiger partial charge is 0.314 e. The van der Waals surface area contributed by atoms with E-state index >= 15 is 0 Å². The fourth-order valence-electron chi connectivity index (χ4n) is 4.47. The number of hydrogen-bond acceptors (Lipinski definition) is 6. The van der Waals surface area contributed by atoms with Crippen LogP contribution in [0.4, 0.5) is 10.5 Å². The van der Waals surface area contributed by atoms with Gasteiger partial charge in [0.1, 0.15) is 0 Å². The minimum atomic E-state index is -0.765. The Morgan fingerprint density at radius 1 is 1.07 bits per heavy atom. The summed E-state index contributed by atoms with van der Waals surface area (Å²) in [5, 5.41) is 10.1. The lowest BCUT2D eigenvalue weighted by Crippen LogP contribution is -2.70. The van der Waals surface area contributed by atoms with Crippen LogP contribution in [-0.2, 0) is 5.66 Å². The van der Waals surface area contributed by atoms with Crippen LogP contribution in [0.15, 0.2) is 48.8 Å². The van der Waals surface area contributed by atoms with E-state index in [1.165, 1.54) is 0 Å². The largest absolute Gasteiger partial charge is 0.323 e. The SMILES string of the molecule is CC1NCCCN(C(=O)Nc2ccccc2)C1(c1ncccn1)N1CCNCC1. The lowest BCUT2D eigenvalue weighted by atomic mass is 9.94. The number of para-hydroxylation sites is 1. The zero-order chi connectivity index (χ0) is 20.1. The Hall–Kier alpha value is -2.55. The van der Waals surface area contributed by atoms with Crippen LogP contribution in [0.25, 0.3) is 0 Å². The molecule has 0 bridgehead atoms. The molecule has 2 aliphatic heterocycles. The number of piperazine rings is 1. The van der Waals surface area contributed by atoms with E-state index in [1.807, 2.05) is 41.3 Å². The van der Waals surface area contributed by atoms with Crippen LogP contribution in [0.1, 0.15) is 19.2 Å². The van der Waals surface area contributed by atoms with Crippen molar-refractivity contribution in [3.63, 3.8) is 0 Å². The maximum atomic E-state index is 13.6. The molecule has 1 aromatic carbocycles. The van der Waals surface area contributed by atoms with Gasteiger partial charge in [0.05, 0.1) is 0 Å². The van der Waals surface area contributed by atoms with Crippen molar-refractivity contribution in [3.05, 3.63) is 54.6 Å². The molecule has 2 amide bonds. The van der Waals surface area contributed by atoms with Gasteiger partial charge in [-0.1, -0.05) is 18.2 Å². The highest BCUT2D eigenvalue weighted by atomic mass is 16.2. The second-order valence-electron chi connectivity index (χ2n) is 7.51. The number of rotatable bonds is 3. The van der Waals surface area contributed by atoms with Gasteiger partial charge in [0.25, 0.3) is 0 Å². The molecule has 0 radical (unpaired) electrons. The van der Waals surface area contributed by atoms with Gasteiger partial charge in [-0.25, -0.2) is 14.8 Å². The molecule has 2 saturated heterocycles. The third-order valence-electron chi connectivity index (χ3n) is 5.79. The van der Waals surface area contributed by atoms with Gasteiger partial charge in [0.15, 0.2) is 11.5 Å². The monoisotopic (exact) mass is 395 g/mol. The fourth-order valence-corrected chi connectivity index (χ4v) is 4.47. The molecule has 29 heavy (non-hydrogen) atoms. The first-order valence-electron chi connectivity index (χ1n) is 10.3. The molecule has 0 aliphatic carbocycles. The number of aromatic nitrogens is 2. The second kappa shape index (κ2) is 8.86. The normalized spacial score (nSPS) is 26.0. The molecule has 3 N–H and O–H groups in total. The lowest BCUT2D eigenvalue weighted by molar-refractivity contribution is -0.0653. The first-order valence-corrected chi connectivity index (χ1v) is 10.3. The third kappa shape index (κ3) is 3.83. The van der Waals surface area contributed by atoms with Crippen LogP contribution in [0, 0.1) is 0 Å². The van der Waals surface area contributed by atoms with Crippen molar-refractivity contribution in [3.8, 4) is 0 Å². The molecule has 4 rings (SSSR count). The third-order valence-corrected chi connectivity index (χ3v) is 5.79. The van der Waals surface area contributed by atoms with Crippen LogP contribution in [0.2, 0.25) is 0 Å². The van der Waals surface area contributed by atoms with Crippen LogP contribution in [-0.4, -0.2) is 71.1 Å². The molecule has 8 heteroatoms. The summed E-state index contributed by atoms with van der Waals surface area (Å²) in [6.07, 6.45) is 4.39. The highest BCUT2D eigenvalue weighted by Crippen LogP contribution is 2.36. The van der Waals surface area contributed by atoms with E-state index in [4.69, 9.17) is 0 Å². The molecule has 8 nitrogen and oxygen atoms in total. The molecule has 2 aromatic rings. The minimum absolute atomic E-state index is 0.0352. The zero-order valence-corrected chi connectivity index (χ0v) is 16.8. The van der Waals surface area contributed by atoms with Crippen LogP contribution in [0.5, 0.6) is 0 Å². The first-order chi connectivity index (χ1) is 14.2. The summed E-state index contributed by atoms with van der Waals surface area (Å²) in [5.74, 6) is 0.659. The summed E-state index contributed by atoms with van der Waals surface area (Å²) in [4.78, 5) is 27.2. The van der Waals surface area contributed by atoms with Gasteiger partial charge in [-0.05, 0) is 38.1 Å². The number of urea groups is 1. The van der Waals surface area contributed by atoms with Crippen LogP contribution < -0.4 is 16.0 Å². The van der Waals surface area contributed by atoms with Crippen LogP contribution in [0.3, 0.4) is 0 Å². The first kappa shape index (κ1) is 19.8. The summed E-state index contributed by atoms with van der Waals surface area (Å²) in [6, 6.07) is 11.3. The average Bonchev–Trinajstić information content (AvgIpc) is 2.95. The number of nitrogens with zero attached hydrogens (tertiary/aromatic N) is 4. The highest BCUT2D eigenvalue weighted by molar-refractivity contribution is 5.90. The number of benzene rings is 1. The Balaban J connectivity index is 1.79. The summed E-state index contributed by atoms with van der Waals surface area (Å²) >= 11 is 0. The minimum Gasteiger partial charge on any atom is -0.314 e. The molecule has 2 aliphatic rings. The van der Waals surface area contributed by atoms with Gasteiger partial charge >= 0.3 is 6.03 Å². The summed E-state index contributed by atoms with van der Waals surface area (Å²) < 4.78 is 0. The number of hydrogen-bond donors (Lipinski definition) is 3. The zero-order valence-electron chi connectivity index (χ0n) is 16.8. The summed E-state index contributed by atoms with van der Waals surface area (Å²) in [7, 11) is 0. The average molecular weight is 396 g/mol. The molecule has 2 unspecified atom stereocenters. The highest BCUT2D eigenvalue weighted by Gasteiger charge is 2.53. The number of carbonyl (C=O) groups excluding carboxylic acids is 1. The van der Waals surface area contributed by atoms with E-state index in [0.29, 0.717) is 12.4 Å². The van der Waals surface area contributed by atoms with Gasteiger partial charge in [-0.2, -0.15) is 0 Å². The lowest BCUT2D eigenvalue weighted by Gasteiger charge is -2.52. The number of nitrogens with one attached hydrogen (secondary N) is 3. The Morgan fingerprint density at radius 2 is 1.79 bits per heavy atom. The van der Waals surface area contributed by atoms with Crippen LogP contribution >= 0.6 is 0 Å². The van der Waals surface area contributed by atoms with Crippen molar-refractivity contribution in [1.82, 2.24) is 30.4 Å². The predicted molar refractivity (Wildman–Crippen MR) is 112 cm³/mol. The van der Waals surface area contributed by atoms with Crippen molar-refractivity contribution in [2.45, 2.75) is 25.0 Å². The van der Waals surface area contributed by atoms with Crippen molar-refractivity contribution in [2.24, 2.45) is 0 Å². The van der Waals surface area contributed by atoms with Gasteiger partial charge < -0.3 is 16.0 Å². The molecule has 3 heterocycles. The molecule has 0 spiro atoms. The molecule has 1 aromatic heterocycles. The molecular formula is C21H29N7O. The second-order valence-corrected chi connectivity index (χ2v) is 7.51. The molecular weight excluding hydrogens is 366 g/mol. The summed E-state index contributed by atoms with van der Waals surface area (Å²) in [6.45, 7) is 6.98. The quantitative estimate of drug-likeness (QED) is 0.730. The van der Waals surface area contributed by atoms with E-state index < -0.39 is 5.66 Å². The number of amides is 2. The Kier molecular flexibility index (Phi) is 6.03. The molecule has 154 valence electrons. The Bertz CT molecular complexity index is 797. The fraction of sp³-hybridized carbons (Fsp3) is 0.476. The van der Waals surface area contributed by atoms with E-state index in [2.05, 4.69) is 37.7 Å². The maximum absolute atomic E-state index is 13.6. The van der Waals surface area contributed by atoms with E-state index in [9.17, 15) is 4.79 Å². The van der Waals surface area contributed by atoms with Gasteiger partial charge in [0.2, 0.25) is 0 Å². The Morgan fingerprint density at radius 3 is 2.52 bits per heavy atom. The Labute approximate surface area is 171 Å². The topological polar surface area (TPSA) is 85.4 Å². The standard InChI is InChI=1S/C21H29N7O/c1-17-21(19-24-9-5-10-25-19,27-15-12-22-13-16-27)28(14-6-11-23-17)20(29)26-18-7-3-2-4-8-18/h2-5,7-10,17,22-23H,6,11-16H2,1H3,(H,26,29). The van der Waals surface area contributed by atoms with Crippen molar-refractivity contribution < 1.29 is 4.79 Å².